The number of rotatable bonds is 3. The largest absolute Gasteiger partial charge is 0.315 e. The highest BCUT2D eigenvalue weighted by molar-refractivity contribution is 7.07. The molecule has 1 aromatic heterocycles. The summed E-state index contributed by atoms with van der Waals surface area (Å²) in [6.07, 6.45) is 0. The zero-order chi connectivity index (χ0) is 8.10. The van der Waals surface area contributed by atoms with E-state index in [9.17, 15) is 4.79 Å². The maximum absolute atomic E-state index is 10.6. The van der Waals surface area contributed by atoms with Gasteiger partial charge >= 0.3 is 4.87 Å². The molecule has 0 unspecified atom stereocenters. The molecule has 0 aliphatic carbocycles. The number of aromatic amines is 1. The number of thiazole rings is 1. The minimum Gasteiger partial charge on any atom is -0.315 e. The normalized spacial score (nSPS) is 9.36. The van der Waals surface area contributed by atoms with Crippen LogP contribution in [0.1, 0.15) is 5.69 Å². The Kier molecular flexibility index (Phi) is 2.83. The zero-order valence-corrected chi connectivity index (χ0v) is 6.57. The van der Waals surface area contributed by atoms with Gasteiger partial charge in [-0.15, -0.1) is 0 Å². The molecule has 0 saturated heterocycles. The molecule has 58 valence electrons. The van der Waals surface area contributed by atoms with Gasteiger partial charge in [-0.2, -0.15) is 5.26 Å². The highest BCUT2D eigenvalue weighted by Gasteiger charge is 1.93. The highest BCUT2D eigenvalue weighted by atomic mass is 32.1. The van der Waals surface area contributed by atoms with E-state index < -0.39 is 0 Å². The van der Waals surface area contributed by atoms with Gasteiger partial charge in [0.1, 0.15) is 0 Å². The van der Waals surface area contributed by atoms with Crippen LogP contribution in [0.15, 0.2) is 10.2 Å². The van der Waals surface area contributed by atoms with Crippen molar-refractivity contribution in [1.82, 2.24) is 10.3 Å². The van der Waals surface area contributed by atoms with Crippen LogP contribution in [0.5, 0.6) is 0 Å². The first-order valence-electron chi connectivity index (χ1n) is 3.07. The highest BCUT2D eigenvalue weighted by Crippen LogP contribution is 1.93. The topological polar surface area (TPSA) is 68.7 Å². The zero-order valence-electron chi connectivity index (χ0n) is 5.76. The Hall–Kier alpha value is -1.12. The third-order valence-corrected chi connectivity index (χ3v) is 1.81. The van der Waals surface area contributed by atoms with Crippen molar-refractivity contribution in [2.24, 2.45) is 0 Å². The lowest BCUT2D eigenvalue weighted by molar-refractivity contribution is 0.748. The molecule has 0 aromatic carbocycles. The van der Waals surface area contributed by atoms with Crippen molar-refractivity contribution < 1.29 is 0 Å². The fraction of sp³-hybridized carbons (Fsp3) is 0.333. The monoisotopic (exact) mass is 169 g/mol. The first kappa shape index (κ1) is 7.98. The summed E-state index contributed by atoms with van der Waals surface area (Å²) in [7, 11) is 0. The first-order chi connectivity index (χ1) is 5.33. The average molecular weight is 169 g/mol. The molecule has 5 heteroatoms. The smallest absolute Gasteiger partial charge is 0.304 e. The predicted octanol–water partition coefficient (Wildman–Crippen LogP) is 0.0496. The molecule has 0 aliphatic rings. The fourth-order valence-corrected chi connectivity index (χ4v) is 1.24. The summed E-state index contributed by atoms with van der Waals surface area (Å²) in [6.45, 7) is 0.851. The third-order valence-electron chi connectivity index (χ3n) is 1.09. The van der Waals surface area contributed by atoms with Crippen LogP contribution < -0.4 is 10.2 Å². The lowest BCUT2D eigenvalue weighted by Gasteiger charge is -1.93. The molecule has 2 N–H and O–H groups in total. The Morgan fingerprint density at radius 3 is 3.18 bits per heavy atom. The van der Waals surface area contributed by atoms with Crippen LogP contribution >= 0.6 is 11.3 Å². The number of hydrogen-bond donors (Lipinski definition) is 2. The van der Waals surface area contributed by atoms with Gasteiger partial charge in [0.25, 0.3) is 0 Å². The van der Waals surface area contributed by atoms with Gasteiger partial charge in [-0.05, 0) is 0 Å². The number of aromatic nitrogens is 1. The lowest BCUT2D eigenvalue weighted by Crippen LogP contribution is -2.13. The van der Waals surface area contributed by atoms with Crippen LogP contribution in [0, 0.1) is 11.3 Å². The van der Waals surface area contributed by atoms with Crippen LogP contribution in [0.3, 0.4) is 0 Å². The molecule has 0 bridgehead atoms. The Morgan fingerprint density at radius 1 is 1.82 bits per heavy atom. The van der Waals surface area contributed by atoms with E-state index in [4.69, 9.17) is 5.26 Å². The van der Waals surface area contributed by atoms with Crippen molar-refractivity contribution in [3.63, 3.8) is 0 Å². The summed E-state index contributed by atoms with van der Waals surface area (Å²) < 4.78 is 0. The molecule has 1 rings (SSSR count). The number of nitrogens with one attached hydrogen (secondary N) is 2. The van der Waals surface area contributed by atoms with E-state index in [1.165, 1.54) is 0 Å². The van der Waals surface area contributed by atoms with Crippen molar-refractivity contribution in [3.05, 3.63) is 20.7 Å². The molecule has 0 fully saturated rings. The molecule has 1 aromatic rings. The van der Waals surface area contributed by atoms with Crippen LogP contribution in [-0.2, 0) is 6.54 Å². The lowest BCUT2D eigenvalue weighted by atomic mass is 10.5. The van der Waals surface area contributed by atoms with E-state index in [0.717, 1.165) is 17.0 Å². The van der Waals surface area contributed by atoms with Gasteiger partial charge in [-0.25, -0.2) is 0 Å². The fourth-order valence-electron chi connectivity index (χ4n) is 0.654. The second-order valence-electron chi connectivity index (χ2n) is 1.94. The standard InChI is InChI=1S/C6H7N3OS/c7-1-2-8-3-5-4-11-6(10)9-5/h4,8H,2-3H2,(H,9,10). The second-order valence-corrected chi connectivity index (χ2v) is 2.78. The Labute approximate surface area is 67.5 Å². The van der Waals surface area contributed by atoms with Gasteiger partial charge in [0.2, 0.25) is 0 Å². The average Bonchev–Trinajstić information content (AvgIpc) is 2.37. The van der Waals surface area contributed by atoms with Crippen LogP contribution in [-0.4, -0.2) is 11.5 Å². The summed E-state index contributed by atoms with van der Waals surface area (Å²) in [5.74, 6) is 0. The van der Waals surface area contributed by atoms with Crippen LogP contribution in [0.25, 0.3) is 0 Å². The third kappa shape index (κ3) is 2.53. The van der Waals surface area contributed by atoms with Crippen molar-refractivity contribution in [2.45, 2.75) is 6.54 Å². The quantitative estimate of drug-likeness (QED) is 0.496. The van der Waals surface area contributed by atoms with Gasteiger partial charge in [0.15, 0.2) is 0 Å². The summed E-state index contributed by atoms with van der Waals surface area (Å²) in [6, 6.07) is 1.95. The number of hydrogen-bond acceptors (Lipinski definition) is 4. The van der Waals surface area contributed by atoms with Gasteiger partial charge in [0.05, 0.1) is 12.6 Å². The van der Waals surface area contributed by atoms with Gasteiger partial charge in [-0.1, -0.05) is 11.3 Å². The predicted molar refractivity (Wildman–Crippen MR) is 42.3 cm³/mol. The van der Waals surface area contributed by atoms with E-state index >= 15 is 0 Å². The van der Waals surface area contributed by atoms with Crippen LogP contribution in [0.4, 0.5) is 0 Å². The Morgan fingerprint density at radius 2 is 2.64 bits per heavy atom. The molecule has 0 radical (unpaired) electrons. The summed E-state index contributed by atoms with van der Waals surface area (Å²) >= 11 is 1.13. The van der Waals surface area contributed by atoms with Crippen molar-refractivity contribution in [1.29, 1.82) is 5.26 Å². The SMILES string of the molecule is N#CCNCc1csc(=O)[nH]1. The van der Waals surface area contributed by atoms with Crippen molar-refractivity contribution >= 4 is 11.3 Å². The maximum atomic E-state index is 10.6. The summed E-state index contributed by atoms with van der Waals surface area (Å²) in [5.41, 5.74) is 0.829. The number of nitrogens with zero attached hydrogens (tertiary/aromatic N) is 1. The van der Waals surface area contributed by atoms with E-state index in [1.54, 1.807) is 5.38 Å². The van der Waals surface area contributed by atoms with Gasteiger partial charge < -0.3 is 4.98 Å². The minimum atomic E-state index is -0.0567. The molecule has 0 saturated carbocycles. The number of nitriles is 1. The summed E-state index contributed by atoms with van der Waals surface area (Å²) in [5, 5.41) is 12.8. The van der Waals surface area contributed by atoms with E-state index in [-0.39, 0.29) is 4.87 Å². The van der Waals surface area contributed by atoms with Gasteiger partial charge in [-0.3, -0.25) is 10.1 Å². The first-order valence-corrected chi connectivity index (χ1v) is 3.95. The molecular formula is C6H7N3OS. The second kappa shape index (κ2) is 3.91. The molecule has 4 nitrogen and oxygen atoms in total. The molecule has 0 aliphatic heterocycles. The van der Waals surface area contributed by atoms with E-state index in [2.05, 4.69) is 10.3 Å². The molecule has 0 spiro atoms. The molecule has 1 heterocycles. The van der Waals surface area contributed by atoms with Gasteiger partial charge in [0, 0.05) is 17.6 Å². The van der Waals surface area contributed by atoms with E-state index in [1.807, 2.05) is 6.07 Å². The Bertz CT molecular complexity index is 308. The van der Waals surface area contributed by atoms with Crippen molar-refractivity contribution in [2.75, 3.05) is 6.54 Å². The molecule has 0 amide bonds. The minimum absolute atomic E-state index is 0.0567. The maximum Gasteiger partial charge on any atom is 0.304 e. The van der Waals surface area contributed by atoms with E-state index in [0.29, 0.717) is 13.1 Å². The molecule has 0 atom stereocenters. The number of H-pyrrole nitrogens is 1. The van der Waals surface area contributed by atoms with Crippen molar-refractivity contribution in [3.8, 4) is 6.07 Å². The van der Waals surface area contributed by atoms with Crippen LogP contribution in [0.2, 0.25) is 0 Å². The summed E-state index contributed by atoms with van der Waals surface area (Å²) in [4.78, 5) is 13.2. The Balaban J connectivity index is 2.40. The molecular weight excluding hydrogens is 162 g/mol. The molecule has 11 heavy (non-hydrogen) atoms.